The van der Waals surface area contributed by atoms with Crippen molar-refractivity contribution in [1.82, 2.24) is 0 Å². The Balaban J connectivity index is 1.63. The van der Waals surface area contributed by atoms with Crippen LogP contribution < -0.4 is 15.0 Å². The minimum atomic E-state index is -0.467. The molecular formula is C18H19N3O5. The van der Waals surface area contributed by atoms with E-state index in [1.165, 1.54) is 12.1 Å². The van der Waals surface area contributed by atoms with Crippen LogP contribution in [0, 0.1) is 10.1 Å². The summed E-state index contributed by atoms with van der Waals surface area (Å²) in [5, 5.41) is 23.3. The highest BCUT2D eigenvalue weighted by atomic mass is 16.6. The summed E-state index contributed by atoms with van der Waals surface area (Å²) in [4.78, 5) is 24.4. The second-order valence-electron chi connectivity index (χ2n) is 5.85. The van der Waals surface area contributed by atoms with Crippen LogP contribution in [0.4, 0.5) is 17.1 Å². The number of carbonyl (C=O) groups excluding carboxylic acids is 1. The van der Waals surface area contributed by atoms with Gasteiger partial charge in [-0.1, -0.05) is 12.1 Å². The number of aliphatic hydroxyl groups is 1. The largest absolute Gasteiger partial charge is 0.482 e. The Morgan fingerprint density at radius 1 is 1.27 bits per heavy atom. The standard InChI is InChI=1S/C18H19N3O5/c22-11-13-6-7-15(21(24)25)14(10-13)19-8-3-9-20-16-4-1-2-5-17(16)26-12-18(20)23/h1-2,4-7,10,19,22H,3,8-9,11-12H2. The van der Waals surface area contributed by atoms with Crippen molar-refractivity contribution in [3.05, 3.63) is 58.1 Å². The lowest BCUT2D eigenvalue weighted by Crippen LogP contribution is -2.39. The molecule has 1 heterocycles. The molecule has 1 aliphatic heterocycles. The van der Waals surface area contributed by atoms with Crippen LogP contribution >= 0.6 is 0 Å². The number of nitrogens with zero attached hydrogens (tertiary/aromatic N) is 2. The Labute approximate surface area is 150 Å². The highest BCUT2D eigenvalue weighted by Gasteiger charge is 2.24. The van der Waals surface area contributed by atoms with Crippen LogP contribution in [-0.4, -0.2) is 35.6 Å². The fraction of sp³-hybridized carbons (Fsp3) is 0.278. The number of nitro benzene ring substituents is 1. The number of para-hydroxylation sites is 2. The van der Waals surface area contributed by atoms with Crippen molar-refractivity contribution in [2.45, 2.75) is 13.0 Å². The first-order chi connectivity index (χ1) is 12.6. The Morgan fingerprint density at radius 2 is 2.08 bits per heavy atom. The lowest BCUT2D eigenvalue weighted by atomic mass is 10.1. The molecule has 2 N–H and O–H groups in total. The average molecular weight is 357 g/mol. The van der Waals surface area contributed by atoms with Crippen LogP contribution in [0.15, 0.2) is 42.5 Å². The number of hydrogen-bond acceptors (Lipinski definition) is 6. The summed E-state index contributed by atoms with van der Waals surface area (Å²) >= 11 is 0. The number of ether oxygens (including phenoxy) is 1. The lowest BCUT2D eigenvalue weighted by Gasteiger charge is -2.29. The SMILES string of the molecule is O=C1COc2ccccc2N1CCCNc1cc(CO)ccc1[N+](=O)[O-]. The van der Waals surface area contributed by atoms with Gasteiger partial charge in [-0.3, -0.25) is 14.9 Å². The number of amides is 1. The Morgan fingerprint density at radius 3 is 2.85 bits per heavy atom. The maximum atomic E-state index is 12.1. The molecule has 26 heavy (non-hydrogen) atoms. The first-order valence-electron chi connectivity index (χ1n) is 8.24. The molecule has 0 atom stereocenters. The molecule has 0 fully saturated rings. The molecule has 8 nitrogen and oxygen atoms in total. The molecular weight excluding hydrogens is 338 g/mol. The van der Waals surface area contributed by atoms with E-state index < -0.39 is 4.92 Å². The summed E-state index contributed by atoms with van der Waals surface area (Å²) in [6, 6.07) is 11.8. The van der Waals surface area contributed by atoms with Gasteiger partial charge in [-0.25, -0.2) is 0 Å². The summed E-state index contributed by atoms with van der Waals surface area (Å²) in [5.74, 6) is 0.559. The van der Waals surface area contributed by atoms with Gasteiger partial charge in [0.05, 0.1) is 17.2 Å². The van der Waals surface area contributed by atoms with Crippen LogP contribution in [0.1, 0.15) is 12.0 Å². The molecule has 2 aromatic rings. The van der Waals surface area contributed by atoms with Crippen molar-refractivity contribution >= 4 is 23.0 Å². The van der Waals surface area contributed by atoms with Gasteiger partial charge in [-0.2, -0.15) is 0 Å². The van der Waals surface area contributed by atoms with E-state index in [1.54, 1.807) is 11.0 Å². The van der Waals surface area contributed by atoms with Crippen molar-refractivity contribution in [3.63, 3.8) is 0 Å². The topological polar surface area (TPSA) is 105 Å². The monoisotopic (exact) mass is 357 g/mol. The van der Waals surface area contributed by atoms with E-state index in [4.69, 9.17) is 4.74 Å². The Hall–Kier alpha value is -3.13. The second kappa shape index (κ2) is 7.83. The first kappa shape index (κ1) is 17.7. The molecule has 0 aromatic heterocycles. The molecule has 0 saturated carbocycles. The maximum Gasteiger partial charge on any atom is 0.292 e. The highest BCUT2D eigenvalue weighted by Crippen LogP contribution is 2.31. The molecule has 1 amide bonds. The minimum Gasteiger partial charge on any atom is -0.482 e. The Kier molecular flexibility index (Phi) is 5.33. The van der Waals surface area contributed by atoms with Gasteiger partial charge in [0.2, 0.25) is 0 Å². The van der Waals surface area contributed by atoms with Crippen LogP contribution in [0.3, 0.4) is 0 Å². The van der Waals surface area contributed by atoms with E-state index in [9.17, 15) is 20.0 Å². The van der Waals surface area contributed by atoms with Gasteiger partial charge in [0.25, 0.3) is 11.6 Å². The van der Waals surface area contributed by atoms with E-state index >= 15 is 0 Å². The normalized spacial score (nSPS) is 13.1. The third-order valence-corrected chi connectivity index (χ3v) is 4.12. The summed E-state index contributed by atoms with van der Waals surface area (Å²) in [7, 11) is 0. The van der Waals surface area contributed by atoms with Crippen molar-refractivity contribution in [2.75, 3.05) is 29.9 Å². The number of fused-ring (bicyclic) bond motifs is 1. The lowest BCUT2D eigenvalue weighted by molar-refractivity contribution is -0.384. The predicted octanol–water partition coefficient (Wildman–Crippen LogP) is 2.31. The van der Waals surface area contributed by atoms with Gasteiger partial charge in [-0.15, -0.1) is 0 Å². The van der Waals surface area contributed by atoms with Crippen LogP contribution in [0.2, 0.25) is 0 Å². The van der Waals surface area contributed by atoms with Crippen LogP contribution in [0.5, 0.6) is 5.75 Å². The maximum absolute atomic E-state index is 12.1. The van der Waals surface area contributed by atoms with Crippen molar-refractivity contribution in [2.24, 2.45) is 0 Å². The average Bonchev–Trinajstić information content (AvgIpc) is 2.66. The zero-order valence-corrected chi connectivity index (χ0v) is 14.1. The predicted molar refractivity (Wildman–Crippen MR) is 96.4 cm³/mol. The number of carbonyl (C=O) groups is 1. The van der Waals surface area contributed by atoms with Crippen LogP contribution in [0.25, 0.3) is 0 Å². The molecule has 0 radical (unpaired) electrons. The number of hydrogen-bond donors (Lipinski definition) is 2. The summed E-state index contributed by atoms with van der Waals surface area (Å²) < 4.78 is 5.40. The minimum absolute atomic E-state index is 0.00839. The first-order valence-corrected chi connectivity index (χ1v) is 8.24. The molecule has 8 heteroatoms. The summed E-state index contributed by atoms with van der Waals surface area (Å²) in [6.45, 7) is 0.739. The van der Waals surface area contributed by atoms with E-state index in [-0.39, 0.29) is 24.8 Å². The van der Waals surface area contributed by atoms with Crippen molar-refractivity contribution < 1.29 is 19.6 Å². The molecule has 0 aliphatic carbocycles. The molecule has 0 unspecified atom stereocenters. The summed E-state index contributed by atoms with van der Waals surface area (Å²) in [6.07, 6.45) is 0.598. The molecule has 2 aromatic carbocycles. The van der Waals surface area contributed by atoms with Gasteiger partial charge < -0.3 is 20.1 Å². The van der Waals surface area contributed by atoms with Crippen molar-refractivity contribution in [3.8, 4) is 5.75 Å². The number of rotatable bonds is 7. The number of aliphatic hydroxyl groups excluding tert-OH is 1. The van der Waals surface area contributed by atoms with Gasteiger partial charge in [0, 0.05) is 19.2 Å². The quantitative estimate of drug-likeness (QED) is 0.448. The van der Waals surface area contributed by atoms with E-state index in [1.807, 2.05) is 24.3 Å². The van der Waals surface area contributed by atoms with E-state index in [0.29, 0.717) is 36.5 Å². The number of benzene rings is 2. The third kappa shape index (κ3) is 3.75. The second-order valence-corrected chi connectivity index (χ2v) is 5.85. The molecule has 136 valence electrons. The molecule has 1 aliphatic rings. The molecule has 0 bridgehead atoms. The molecule has 0 saturated heterocycles. The summed E-state index contributed by atoms with van der Waals surface area (Å²) in [5.41, 5.74) is 1.64. The zero-order chi connectivity index (χ0) is 18.5. The number of nitrogens with one attached hydrogen (secondary N) is 1. The molecule has 0 spiro atoms. The van der Waals surface area contributed by atoms with Gasteiger partial charge >= 0.3 is 0 Å². The van der Waals surface area contributed by atoms with Gasteiger partial charge in [0.15, 0.2) is 6.61 Å². The van der Waals surface area contributed by atoms with Crippen molar-refractivity contribution in [1.29, 1.82) is 0 Å². The van der Waals surface area contributed by atoms with Gasteiger partial charge in [0.1, 0.15) is 11.4 Å². The number of anilines is 2. The smallest absolute Gasteiger partial charge is 0.292 e. The third-order valence-electron chi connectivity index (χ3n) is 4.12. The number of nitro groups is 1. The zero-order valence-electron chi connectivity index (χ0n) is 14.1. The fourth-order valence-electron chi connectivity index (χ4n) is 2.84. The fourth-order valence-corrected chi connectivity index (χ4v) is 2.84. The van der Waals surface area contributed by atoms with Crippen LogP contribution in [-0.2, 0) is 11.4 Å². The Bertz CT molecular complexity index is 824. The highest BCUT2D eigenvalue weighted by molar-refractivity contribution is 5.97. The van der Waals surface area contributed by atoms with E-state index in [0.717, 1.165) is 5.69 Å². The van der Waals surface area contributed by atoms with Gasteiger partial charge in [-0.05, 0) is 36.2 Å². The van der Waals surface area contributed by atoms with E-state index in [2.05, 4.69) is 5.32 Å². The molecule has 3 rings (SSSR count).